The van der Waals surface area contributed by atoms with Crippen molar-refractivity contribution in [2.45, 2.75) is 322 Å². The Hall–Kier alpha value is -1.85. The molecule has 0 aliphatic carbocycles. The topological polar surface area (TPSA) is 78.9 Å². The summed E-state index contributed by atoms with van der Waals surface area (Å²) in [5.41, 5.74) is 0. The normalized spacial score (nSPS) is 12.0. The lowest BCUT2D eigenvalue weighted by Gasteiger charge is -2.18. The van der Waals surface area contributed by atoms with Crippen molar-refractivity contribution in [2.75, 3.05) is 13.2 Å². The molecule has 372 valence electrons. The van der Waals surface area contributed by atoms with Crippen LogP contribution >= 0.6 is 0 Å². The van der Waals surface area contributed by atoms with Crippen molar-refractivity contribution in [2.24, 2.45) is 0 Å². The molecule has 0 radical (unpaired) electrons. The number of unbranched alkanes of at least 4 members (excludes halogenated alkanes) is 39. The third kappa shape index (κ3) is 51.0. The van der Waals surface area contributed by atoms with Gasteiger partial charge in [-0.05, 0) is 38.5 Å². The molecule has 1 atom stereocenters. The maximum atomic E-state index is 12.8. The standard InChI is InChI=1S/C57H108O6/c1-4-7-10-13-16-19-22-24-26-27-28-29-31-33-36-39-42-45-48-51-57(60)63-54(52-61-55(58)49-46-43-40-37-34-21-18-15-12-9-6-3)53-62-56(59)50-47-44-41-38-35-32-30-25-23-20-17-14-11-8-5-2/h15,18,54H,4-14,16-17,19-53H2,1-3H3/b18-15-/t54-/m1/s1. The number of esters is 3. The van der Waals surface area contributed by atoms with Crippen LogP contribution in [0.2, 0.25) is 0 Å². The van der Waals surface area contributed by atoms with Crippen LogP contribution in [0.5, 0.6) is 0 Å². The summed E-state index contributed by atoms with van der Waals surface area (Å²) in [4.78, 5) is 38.0. The van der Waals surface area contributed by atoms with Gasteiger partial charge in [0.05, 0.1) is 0 Å². The third-order valence-corrected chi connectivity index (χ3v) is 12.8. The van der Waals surface area contributed by atoms with Gasteiger partial charge in [0.25, 0.3) is 0 Å². The van der Waals surface area contributed by atoms with Crippen molar-refractivity contribution in [3.63, 3.8) is 0 Å². The first kappa shape index (κ1) is 61.1. The number of ether oxygens (including phenoxy) is 3. The van der Waals surface area contributed by atoms with Crippen molar-refractivity contribution in [1.29, 1.82) is 0 Å². The zero-order valence-electron chi connectivity index (χ0n) is 42.6. The molecule has 0 amide bonds. The van der Waals surface area contributed by atoms with Crippen molar-refractivity contribution in [3.8, 4) is 0 Å². The van der Waals surface area contributed by atoms with Crippen LogP contribution in [0.4, 0.5) is 0 Å². The molecule has 0 N–H and O–H groups in total. The second kappa shape index (κ2) is 52.8. The second-order valence-corrected chi connectivity index (χ2v) is 19.2. The molecule has 0 saturated carbocycles. The molecule has 0 heterocycles. The number of rotatable bonds is 52. The fourth-order valence-corrected chi connectivity index (χ4v) is 8.49. The molecular weight excluding hydrogens is 781 g/mol. The number of allylic oxidation sites excluding steroid dienone is 2. The molecule has 63 heavy (non-hydrogen) atoms. The molecule has 0 unspecified atom stereocenters. The van der Waals surface area contributed by atoms with Crippen LogP contribution in [0.25, 0.3) is 0 Å². The number of hydrogen-bond donors (Lipinski definition) is 0. The summed E-state index contributed by atoms with van der Waals surface area (Å²) in [6.07, 6.45) is 59.2. The Bertz CT molecular complexity index is 978. The number of carbonyl (C=O) groups excluding carboxylic acids is 3. The predicted molar refractivity (Wildman–Crippen MR) is 270 cm³/mol. The van der Waals surface area contributed by atoms with Crippen molar-refractivity contribution < 1.29 is 28.6 Å². The highest BCUT2D eigenvalue weighted by Crippen LogP contribution is 2.17. The van der Waals surface area contributed by atoms with Gasteiger partial charge in [0.15, 0.2) is 6.10 Å². The van der Waals surface area contributed by atoms with Crippen LogP contribution in [0, 0.1) is 0 Å². The first-order valence-electron chi connectivity index (χ1n) is 28.2. The van der Waals surface area contributed by atoms with Gasteiger partial charge in [-0.3, -0.25) is 14.4 Å². The molecule has 0 fully saturated rings. The van der Waals surface area contributed by atoms with Crippen molar-refractivity contribution in [1.82, 2.24) is 0 Å². The Balaban J connectivity index is 4.27. The van der Waals surface area contributed by atoms with E-state index in [2.05, 4.69) is 32.9 Å². The van der Waals surface area contributed by atoms with Crippen LogP contribution in [-0.4, -0.2) is 37.2 Å². The highest BCUT2D eigenvalue weighted by Gasteiger charge is 2.19. The highest BCUT2D eigenvalue weighted by atomic mass is 16.6. The quantitative estimate of drug-likeness (QED) is 0.0262. The Morgan fingerprint density at radius 3 is 0.841 bits per heavy atom. The average molecular weight is 889 g/mol. The molecule has 0 aromatic carbocycles. The van der Waals surface area contributed by atoms with E-state index in [4.69, 9.17) is 14.2 Å². The highest BCUT2D eigenvalue weighted by molar-refractivity contribution is 5.71. The Labute approximate surface area is 392 Å². The number of carbonyl (C=O) groups is 3. The van der Waals surface area contributed by atoms with Crippen molar-refractivity contribution >= 4 is 17.9 Å². The Kier molecular flexibility index (Phi) is 51.2. The largest absolute Gasteiger partial charge is 0.462 e. The minimum Gasteiger partial charge on any atom is -0.462 e. The fourth-order valence-electron chi connectivity index (χ4n) is 8.49. The monoisotopic (exact) mass is 889 g/mol. The molecule has 6 heteroatoms. The van der Waals surface area contributed by atoms with Gasteiger partial charge in [-0.15, -0.1) is 0 Å². The van der Waals surface area contributed by atoms with Crippen LogP contribution in [0.3, 0.4) is 0 Å². The van der Waals surface area contributed by atoms with Gasteiger partial charge in [0.1, 0.15) is 13.2 Å². The molecule has 0 aliphatic rings. The zero-order valence-corrected chi connectivity index (χ0v) is 42.6. The van der Waals surface area contributed by atoms with Gasteiger partial charge in [0.2, 0.25) is 0 Å². The molecule has 0 aromatic heterocycles. The van der Waals surface area contributed by atoms with Gasteiger partial charge in [0, 0.05) is 19.3 Å². The van der Waals surface area contributed by atoms with E-state index in [1.165, 1.54) is 212 Å². The maximum absolute atomic E-state index is 12.8. The Morgan fingerprint density at radius 2 is 0.540 bits per heavy atom. The first-order chi connectivity index (χ1) is 31.0. The molecule has 0 rings (SSSR count). The van der Waals surface area contributed by atoms with E-state index in [1.54, 1.807) is 0 Å². The molecule has 6 nitrogen and oxygen atoms in total. The van der Waals surface area contributed by atoms with E-state index < -0.39 is 6.10 Å². The second-order valence-electron chi connectivity index (χ2n) is 19.2. The maximum Gasteiger partial charge on any atom is 0.306 e. The van der Waals surface area contributed by atoms with Crippen LogP contribution in [0.15, 0.2) is 12.2 Å². The lowest BCUT2D eigenvalue weighted by Crippen LogP contribution is -2.30. The average Bonchev–Trinajstić information content (AvgIpc) is 3.28. The van der Waals surface area contributed by atoms with Gasteiger partial charge in [-0.2, -0.15) is 0 Å². The van der Waals surface area contributed by atoms with E-state index >= 15 is 0 Å². The van der Waals surface area contributed by atoms with E-state index in [0.29, 0.717) is 19.3 Å². The van der Waals surface area contributed by atoms with E-state index in [0.717, 1.165) is 64.2 Å². The third-order valence-electron chi connectivity index (χ3n) is 12.8. The minimum absolute atomic E-state index is 0.0668. The van der Waals surface area contributed by atoms with Crippen LogP contribution < -0.4 is 0 Å². The lowest BCUT2D eigenvalue weighted by molar-refractivity contribution is -0.167. The van der Waals surface area contributed by atoms with Crippen LogP contribution in [0.1, 0.15) is 316 Å². The van der Waals surface area contributed by atoms with E-state index in [9.17, 15) is 14.4 Å². The molecule has 0 bridgehead atoms. The molecule has 0 aromatic rings. The smallest absolute Gasteiger partial charge is 0.306 e. The Morgan fingerprint density at radius 1 is 0.302 bits per heavy atom. The summed E-state index contributed by atoms with van der Waals surface area (Å²) in [5.74, 6) is -0.855. The van der Waals surface area contributed by atoms with Gasteiger partial charge < -0.3 is 14.2 Å². The zero-order chi connectivity index (χ0) is 45.8. The van der Waals surface area contributed by atoms with Crippen molar-refractivity contribution in [3.05, 3.63) is 12.2 Å². The number of hydrogen-bond acceptors (Lipinski definition) is 6. The van der Waals surface area contributed by atoms with Gasteiger partial charge in [-0.25, -0.2) is 0 Å². The molecule has 0 saturated heterocycles. The fraction of sp³-hybridized carbons (Fsp3) is 0.912. The summed E-state index contributed by atoms with van der Waals surface area (Å²) in [7, 11) is 0. The summed E-state index contributed by atoms with van der Waals surface area (Å²) in [6, 6.07) is 0. The van der Waals surface area contributed by atoms with Gasteiger partial charge in [-0.1, -0.05) is 270 Å². The van der Waals surface area contributed by atoms with Gasteiger partial charge >= 0.3 is 17.9 Å². The van der Waals surface area contributed by atoms with E-state index in [1.807, 2.05) is 0 Å². The lowest BCUT2D eigenvalue weighted by atomic mass is 10.0. The summed E-state index contributed by atoms with van der Waals surface area (Å²) in [6.45, 7) is 6.65. The summed E-state index contributed by atoms with van der Waals surface area (Å²) in [5, 5.41) is 0. The molecule has 0 aliphatic heterocycles. The molecular formula is C57H108O6. The first-order valence-corrected chi connectivity index (χ1v) is 28.2. The summed E-state index contributed by atoms with van der Waals surface area (Å²) >= 11 is 0. The predicted octanol–water partition coefficient (Wildman–Crippen LogP) is 18.5. The summed E-state index contributed by atoms with van der Waals surface area (Å²) < 4.78 is 16.8. The minimum atomic E-state index is -0.767. The molecule has 0 spiro atoms. The van der Waals surface area contributed by atoms with Crippen LogP contribution in [-0.2, 0) is 28.6 Å². The van der Waals surface area contributed by atoms with E-state index in [-0.39, 0.29) is 31.1 Å². The SMILES string of the molecule is CCCC/C=C\CCCCCCCC(=O)OC[C@H](COC(=O)CCCCCCCCCCCCCCCCC)OC(=O)CCCCCCCCCCCCCCCCCCCCC.